The van der Waals surface area contributed by atoms with Crippen LogP contribution in [0.2, 0.25) is 0 Å². The maximum absolute atomic E-state index is 15.2. The second-order valence-electron chi connectivity index (χ2n) is 7.38. The third-order valence-corrected chi connectivity index (χ3v) is 5.18. The standard InChI is InChI=1S/C26H20F4O/c1-2-3-17-4-6-18(7-5-17)20-10-14-24-21(16-20)11-15-23(25(24)27)19-8-12-22(13-9-19)31-26(28,29)30/h4-16H,2-3H2,1H3. The van der Waals surface area contributed by atoms with Gasteiger partial charge in [0.1, 0.15) is 11.6 Å². The number of alkyl halides is 3. The van der Waals surface area contributed by atoms with Crippen molar-refractivity contribution in [1.82, 2.24) is 0 Å². The highest BCUT2D eigenvalue weighted by molar-refractivity contribution is 5.91. The third-order valence-electron chi connectivity index (χ3n) is 5.18. The van der Waals surface area contributed by atoms with Gasteiger partial charge in [0.25, 0.3) is 0 Å². The van der Waals surface area contributed by atoms with Gasteiger partial charge in [0.15, 0.2) is 0 Å². The summed E-state index contributed by atoms with van der Waals surface area (Å²) in [5.74, 6) is -0.751. The van der Waals surface area contributed by atoms with Gasteiger partial charge in [0.2, 0.25) is 0 Å². The predicted molar refractivity (Wildman–Crippen MR) is 115 cm³/mol. The predicted octanol–water partition coefficient (Wildman–Crippen LogP) is 8.16. The van der Waals surface area contributed by atoms with Crippen LogP contribution in [0.1, 0.15) is 18.9 Å². The smallest absolute Gasteiger partial charge is 0.406 e. The number of benzene rings is 4. The molecule has 0 spiro atoms. The number of hydrogen-bond acceptors (Lipinski definition) is 1. The Morgan fingerprint density at radius 1 is 0.742 bits per heavy atom. The lowest BCUT2D eigenvalue weighted by molar-refractivity contribution is -0.274. The van der Waals surface area contributed by atoms with Gasteiger partial charge in [0.05, 0.1) is 0 Å². The molecule has 0 N–H and O–H groups in total. The molecule has 0 radical (unpaired) electrons. The zero-order valence-corrected chi connectivity index (χ0v) is 16.8. The van der Waals surface area contributed by atoms with Crippen LogP contribution in [-0.4, -0.2) is 6.36 Å². The molecule has 0 atom stereocenters. The molecule has 31 heavy (non-hydrogen) atoms. The molecule has 0 aliphatic rings. The zero-order chi connectivity index (χ0) is 22.0. The van der Waals surface area contributed by atoms with Crippen molar-refractivity contribution >= 4 is 10.8 Å². The molecule has 4 rings (SSSR count). The van der Waals surface area contributed by atoms with Crippen molar-refractivity contribution in [2.45, 2.75) is 26.1 Å². The molecule has 0 bridgehead atoms. The molecule has 4 aromatic rings. The summed E-state index contributed by atoms with van der Waals surface area (Å²) >= 11 is 0. The Hall–Kier alpha value is -3.34. The van der Waals surface area contributed by atoms with Gasteiger partial charge in [-0.2, -0.15) is 0 Å². The monoisotopic (exact) mass is 424 g/mol. The van der Waals surface area contributed by atoms with E-state index in [2.05, 4.69) is 35.9 Å². The number of rotatable bonds is 5. The average molecular weight is 424 g/mol. The fraction of sp³-hybridized carbons (Fsp3) is 0.154. The second-order valence-corrected chi connectivity index (χ2v) is 7.38. The van der Waals surface area contributed by atoms with Crippen LogP contribution in [0.3, 0.4) is 0 Å². The van der Waals surface area contributed by atoms with E-state index in [1.807, 2.05) is 18.2 Å². The quantitative estimate of drug-likeness (QED) is 0.294. The van der Waals surface area contributed by atoms with Gasteiger partial charge in [-0.3, -0.25) is 0 Å². The molecule has 0 saturated heterocycles. The highest BCUT2D eigenvalue weighted by atomic mass is 19.4. The van der Waals surface area contributed by atoms with Crippen LogP contribution >= 0.6 is 0 Å². The molecule has 0 saturated carbocycles. The fourth-order valence-electron chi connectivity index (χ4n) is 3.68. The van der Waals surface area contributed by atoms with Crippen LogP contribution < -0.4 is 4.74 Å². The van der Waals surface area contributed by atoms with Gasteiger partial charge in [-0.15, -0.1) is 13.2 Å². The van der Waals surface area contributed by atoms with Gasteiger partial charge in [0, 0.05) is 10.9 Å². The lowest BCUT2D eigenvalue weighted by Gasteiger charge is -2.11. The Morgan fingerprint density at radius 3 is 2.03 bits per heavy atom. The first-order valence-electron chi connectivity index (χ1n) is 10.0. The van der Waals surface area contributed by atoms with Crippen LogP contribution in [0, 0.1) is 5.82 Å². The average Bonchev–Trinajstić information content (AvgIpc) is 2.74. The lowest BCUT2D eigenvalue weighted by Crippen LogP contribution is -2.16. The maximum atomic E-state index is 15.2. The molecule has 4 aromatic carbocycles. The summed E-state index contributed by atoms with van der Waals surface area (Å²) in [6, 6.07) is 22.6. The number of hydrogen-bond donors (Lipinski definition) is 0. The minimum absolute atomic E-state index is 0.322. The van der Waals surface area contributed by atoms with Crippen molar-refractivity contribution in [3.05, 3.63) is 90.2 Å². The summed E-state index contributed by atoms with van der Waals surface area (Å²) in [5.41, 5.74) is 4.14. The van der Waals surface area contributed by atoms with Gasteiger partial charge < -0.3 is 4.74 Å². The Bertz CT molecular complexity index is 1190. The fourth-order valence-corrected chi connectivity index (χ4v) is 3.68. The van der Waals surface area contributed by atoms with E-state index in [9.17, 15) is 13.2 Å². The normalized spacial score (nSPS) is 11.6. The topological polar surface area (TPSA) is 9.23 Å². The molecule has 0 amide bonds. The van der Waals surface area contributed by atoms with Gasteiger partial charge in [-0.25, -0.2) is 4.39 Å². The highest BCUT2D eigenvalue weighted by Crippen LogP contribution is 2.33. The molecule has 158 valence electrons. The molecular formula is C26H20F4O. The van der Waals surface area contributed by atoms with Crippen LogP contribution in [0.5, 0.6) is 5.75 Å². The maximum Gasteiger partial charge on any atom is 0.573 e. The Morgan fingerprint density at radius 2 is 1.39 bits per heavy atom. The molecular weight excluding hydrogens is 404 g/mol. The minimum Gasteiger partial charge on any atom is -0.406 e. The Kier molecular flexibility index (Phi) is 5.68. The molecule has 0 heterocycles. The van der Waals surface area contributed by atoms with E-state index in [-0.39, 0.29) is 5.75 Å². The third kappa shape index (κ3) is 4.71. The Labute approximate surface area is 177 Å². The number of aryl methyl sites for hydroxylation is 1. The number of halogens is 4. The lowest BCUT2D eigenvalue weighted by atomic mass is 9.96. The first-order valence-corrected chi connectivity index (χ1v) is 10.0. The van der Waals surface area contributed by atoms with Gasteiger partial charge >= 0.3 is 6.36 Å². The van der Waals surface area contributed by atoms with Gasteiger partial charge in [-0.05, 0) is 52.3 Å². The van der Waals surface area contributed by atoms with Crippen LogP contribution in [0.25, 0.3) is 33.0 Å². The van der Waals surface area contributed by atoms with E-state index in [1.54, 1.807) is 12.1 Å². The second kappa shape index (κ2) is 8.42. The minimum atomic E-state index is -4.76. The van der Waals surface area contributed by atoms with Crippen LogP contribution in [0.4, 0.5) is 17.6 Å². The van der Waals surface area contributed by atoms with Crippen molar-refractivity contribution in [3.8, 4) is 28.0 Å². The van der Waals surface area contributed by atoms with E-state index in [0.717, 1.165) is 29.4 Å². The molecule has 0 unspecified atom stereocenters. The van der Waals surface area contributed by atoms with Crippen LogP contribution in [0.15, 0.2) is 78.9 Å². The Balaban J connectivity index is 1.64. The molecule has 5 heteroatoms. The van der Waals surface area contributed by atoms with Crippen molar-refractivity contribution in [2.24, 2.45) is 0 Å². The number of fused-ring (bicyclic) bond motifs is 1. The first-order chi connectivity index (χ1) is 14.8. The van der Waals surface area contributed by atoms with E-state index in [1.165, 1.54) is 29.8 Å². The SMILES string of the molecule is CCCc1ccc(-c2ccc3c(F)c(-c4ccc(OC(F)(F)F)cc4)ccc3c2)cc1. The summed E-state index contributed by atoms with van der Waals surface area (Å²) in [4.78, 5) is 0. The summed E-state index contributed by atoms with van der Waals surface area (Å²) in [6.07, 6.45) is -2.63. The van der Waals surface area contributed by atoms with E-state index >= 15 is 4.39 Å². The molecule has 0 aliphatic carbocycles. The van der Waals surface area contributed by atoms with Crippen molar-refractivity contribution < 1.29 is 22.3 Å². The zero-order valence-electron chi connectivity index (χ0n) is 16.8. The van der Waals surface area contributed by atoms with E-state index in [0.29, 0.717) is 16.5 Å². The first kappa shape index (κ1) is 20.9. The van der Waals surface area contributed by atoms with Crippen molar-refractivity contribution in [3.63, 3.8) is 0 Å². The molecule has 0 aliphatic heterocycles. The highest BCUT2D eigenvalue weighted by Gasteiger charge is 2.31. The summed E-state index contributed by atoms with van der Waals surface area (Å²) in [6.45, 7) is 2.14. The van der Waals surface area contributed by atoms with E-state index in [4.69, 9.17) is 0 Å². The largest absolute Gasteiger partial charge is 0.573 e. The van der Waals surface area contributed by atoms with Gasteiger partial charge in [-0.1, -0.05) is 74.0 Å². The number of ether oxygens (including phenoxy) is 1. The van der Waals surface area contributed by atoms with Crippen molar-refractivity contribution in [2.75, 3.05) is 0 Å². The summed E-state index contributed by atoms with van der Waals surface area (Å²) in [7, 11) is 0. The summed E-state index contributed by atoms with van der Waals surface area (Å²) < 4.78 is 56.1. The summed E-state index contributed by atoms with van der Waals surface area (Å²) in [5, 5.41) is 1.22. The van der Waals surface area contributed by atoms with Crippen LogP contribution in [-0.2, 0) is 6.42 Å². The molecule has 0 aromatic heterocycles. The van der Waals surface area contributed by atoms with Crippen molar-refractivity contribution in [1.29, 1.82) is 0 Å². The molecule has 0 fully saturated rings. The van der Waals surface area contributed by atoms with E-state index < -0.39 is 12.2 Å². The molecule has 1 nitrogen and oxygen atoms in total.